The largest absolute Gasteiger partial charge is 0.454 e. The first-order valence-electron chi connectivity index (χ1n) is 9.29. The Bertz CT molecular complexity index is 1100. The Morgan fingerprint density at radius 1 is 1.07 bits per heavy atom. The summed E-state index contributed by atoms with van der Waals surface area (Å²) in [5.74, 6) is 1.44. The number of H-pyrrole nitrogens is 1. The van der Waals surface area contributed by atoms with Crippen molar-refractivity contribution in [2.24, 2.45) is 0 Å². The number of hydrogen-bond donors (Lipinski definition) is 2. The number of nitrogens with two attached hydrogens (primary N) is 1. The lowest BCUT2D eigenvalue weighted by molar-refractivity contribution is 0.122. The SMILES string of the molecule is Nc1ccc2c(c1)Cc1ccnc(-c3cc(N4CCOCC4)cc(=O)[nH]3)c1O2. The van der Waals surface area contributed by atoms with E-state index in [1.165, 1.54) is 0 Å². The van der Waals surface area contributed by atoms with Gasteiger partial charge in [-0.25, -0.2) is 0 Å². The van der Waals surface area contributed by atoms with Crippen molar-refractivity contribution in [3.63, 3.8) is 0 Å². The molecular weight excluding hydrogens is 356 g/mol. The van der Waals surface area contributed by atoms with Crippen LogP contribution < -0.4 is 20.9 Å². The number of morpholine rings is 1. The molecule has 0 bridgehead atoms. The second kappa shape index (κ2) is 6.69. The molecule has 7 heteroatoms. The number of benzene rings is 1. The summed E-state index contributed by atoms with van der Waals surface area (Å²) in [7, 11) is 0. The van der Waals surface area contributed by atoms with Gasteiger partial charge in [0, 0.05) is 54.3 Å². The van der Waals surface area contributed by atoms with E-state index in [4.69, 9.17) is 15.2 Å². The summed E-state index contributed by atoms with van der Waals surface area (Å²) in [6, 6.07) is 11.1. The maximum absolute atomic E-state index is 12.3. The summed E-state index contributed by atoms with van der Waals surface area (Å²) in [6.07, 6.45) is 2.45. The molecule has 3 aromatic rings. The third kappa shape index (κ3) is 2.99. The van der Waals surface area contributed by atoms with E-state index in [1.807, 2.05) is 30.3 Å². The van der Waals surface area contributed by atoms with Crippen molar-refractivity contribution in [2.45, 2.75) is 6.42 Å². The molecule has 0 spiro atoms. The number of ether oxygens (including phenoxy) is 2. The molecule has 142 valence electrons. The first-order chi connectivity index (χ1) is 13.7. The standard InChI is InChI=1S/C21H20N4O3/c22-15-1-2-18-14(10-15)9-13-3-4-23-20(21(13)28-18)17-11-16(12-19(26)24-17)25-5-7-27-8-6-25/h1-4,10-12H,5-9,22H2,(H,24,26). The Morgan fingerprint density at radius 3 is 2.79 bits per heavy atom. The molecule has 0 saturated carbocycles. The van der Waals surface area contributed by atoms with Crippen LogP contribution in [0.4, 0.5) is 11.4 Å². The molecule has 28 heavy (non-hydrogen) atoms. The smallest absolute Gasteiger partial charge is 0.250 e. The first-order valence-corrected chi connectivity index (χ1v) is 9.29. The van der Waals surface area contributed by atoms with E-state index in [-0.39, 0.29) is 5.56 Å². The predicted octanol–water partition coefficient (Wildman–Crippen LogP) is 2.55. The zero-order valence-electron chi connectivity index (χ0n) is 15.3. The van der Waals surface area contributed by atoms with Crippen molar-refractivity contribution in [3.8, 4) is 22.9 Å². The molecule has 1 aromatic carbocycles. The molecule has 2 aliphatic rings. The molecule has 0 atom stereocenters. The maximum atomic E-state index is 12.3. The van der Waals surface area contributed by atoms with Crippen molar-refractivity contribution >= 4 is 11.4 Å². The summed E-state index contributed by atoms with van der Waals surface area (Å²) in [6.45, 7) is 2.83. The van der Waals surface area contributed by atoms with Gasteiger partial charge in [0.25, 0.3) is 5.56 Å². The number of nitrogens with zero attached hydrogens (tertiary/aromatic N) is 2. The molecule has 1 fully saturated rings. The Morgan fingerprint density at radius 2 is 1.93 bits per heavy atom. The minimum atomic E-state index is -0.164. The van der Waals surface area contributed by atoms with Gasteiger partial charge >= 0.3 is 0 Å². The molecule has 2 aliphatic heterocycles. The molecular formula is C21H20N4O3. The van der Waals surface area contributed by atoms with Gasteiger partial charge in [0.1, 0.15) is 11.4 Å². The molecule has 0 radical (unpaired) electrons. The van der Waals surface area contributed by atoms with Crippen molar-refractivity contribution in [3.05, 3.63) is 64.1 Å². The number of rotatable bonds is 2. The van der Waals surface area contributed by atoms with Crippen LogP contribution in [0.2, 0.25) is 0 Å². The van der Waals surface area contributed by atoms with Gasteiger partial charge in [0.2, 0.25) is 0 Å². The van der Waals surface area contributed by atoms with E-state index in [2.05, 4.69) is 14.9 Å². The summed E-state index contributed by atoms with van der Waals surface area (Å²) >= 11 is 0. The van der Waals surface area contributed by atoms with E-state index in [0.717, 1.165) is 35.7 Å². The van der Waals surface area contributed by atoms with Crippen LogP contribution in [0.25, 0.3) is 11.4 Å². The fraction of sp³-hybridized carbons (Fsp3) is 0.238. The van der Waals surface area contributed by atoms with Crippen molar-refractivity contribution in [1.82, 2.24) is 9.97 Å². The third-order valence-electron chi connectivity index (χ3n) is 5.12. The number of aromatic nitrogens is 2. The van der Waals surface area contributed by atoms with E-state index >= 15 is 0 Å². The predicted molar refractivity (Wildman–Crippen MR) is 107 cm³/mol. The van der Waals surface area contributed by atoms with Gasteiger partial charge in [-0.15, -0.1) is 0 Å². The van der Waals surface area contributed by atoms with Gasteiger partial charge in [-0.05, 0) is 30.3 Å². The number of nitrogens with one attached hydrogen (secondary N) is 1. The molecule has 2 aromatic heterocycles. The zero-order chi connectivity index (χ0) is 19.1. The van der Waals surface area contributed by atoms with Crippen LogP contribution in [0.15, 0.2) is 47.4 Å². The Hall–Kier alpha value is -3.32. The quantitative estimate of drug-likeness (QED) is 0.522. The average molecular weight is 376 g/mol. The Labute approximate surface area is 161 Å². The number of fused-ring (bicyclic) bond motifs is 2. The molecule has 4 heterocycles. The Balaban J connectivity index is 1.57. The zero-order valence-corrected chi connectivity index (χ0v) is 15.3. The van der Waals surface area contributed by atoms with Crippen LogP contribution in [0.1, 0.15) is 11.1 Å². The Kier molecular flexibility index (Phi) is 4.02. The van der Waals surface area contributed by atoms with Crippen LogP contribution in [0.5, 0.6) is 11.5 Å². The summed E-state index contributed by atoms with van der Waals surface area (Å²) in [5.41, 5.74) is 10.6. The second-order valence-corrected chi connectivity index (χ2v) is 7.01. The fourth-order valence-corrected chi connectivity index (χ4v) is 3.75. The van der Waals surface area contributed by atoms with Crippen LogP contribution in [0, 0.1) is 0 Å². The van der Waals surface area contributed by atoms with Crippen LogP contribution in [-0.2, 0) is 11.2 Å². The van der Waals surface area contributed by atoms with E-state index in [1.54, 1.807) is 12.3 Å². The highest BCUT2D eigenvalue weighted by Crippen LogP contribution is 2.41. The van der Waals surface area contributed by atoms with Gasteiger partial charge in [0.15, 0.2) is 5.75 Å². The van der Waals surface area contributed by atoms with E-state index in [0.29, 0.717) is 42.5 Å². The number of aromatic amines is 1. The number of hydrogen-bond acceptors (Lipinski definition) is 6. The van der Waals surface area contributed by atoms with E-state index < -0.39 is 0 Å². The fourth-order valence-electron chi connectivity index (χ4n) is 3.75. The van der Waals surface area contributed by atoms with Gasteiger partial charge < -0.3 is 25.1 Å². The molecule has 3 N–H and O–H groups in total. The second-order valence-electron chi connectivity index (χ2n) is 7.01. The van der Waals surface area contributed by atoms with Crippen molar-refractivity contribution in [2.75, 3.05) is 36.9 Å². The minimum Gasteiger partial charge on any atom is -0.454 e. The highest BCUT2D eigenvalue weighted by molar-refractivity contribution is 5.71. The number of nitrogen functional groups attached to an aromatic ring is 1. The van der Waals surface area contributed by atoms with Crippen molar-refractivity contribution < 1.29 is 9.47 Å². The summed E-state index contributed by atoms with van der Waals surface area (Å²) < 4.78 is 11.6. The number of anilines is 2. The van der Waals surface area contributed by atoms with Gasteiger partial charge in [0.05, 0.1) is 18.9 Å². The third-order valence-corrected chi connectivity index (χ3v) is 5.12. The summed E-state index contributed by atoms with van der Waals surface area (Å²) in [4.78, 5) is 21.9. The van der Waals surface area contributed by atoms with Crippen LogP contribution >= 0.6 is 0 Å². The van der Waals surface area contributed by atoms with Gasteiger partial charge in [-0.2, -0.15) is 0 Å². The monoisotopic (exact) mass is 376 g/mol. The maximum Gasteiger partial charge on any atom is 0.250 e. The lowest BCUT2D eigenvalue weighted by atomic mass is 9.99. The van der Waals surface area contributed by atoms with Crippen LogP contribution in [-0.4, -0.2) is 36.3 Å². The number of pyridine rings is 2. The average Bonchev–Trinajstić information content (AvgIpc) is 2.72. The first kappa shape index (κ1) is 16.8. The minimum absolute atomic E-state index is 0.164. The van der Waals surface area contributed by atoms with E-state index in [9.17, 15) is 4.79 Å². The topological polar surface area (TPSA) is 93.5 Å². The highest BCUT2D eigenvalue weighted by atomic mass is 16.5. The summed E-state index contributed by atoms with van der Waals surface area (Å²) in [5, 5.41) is 0. The molecule has 0 amide bonds. The lowest BCUT2D eigenvalue weighted by Gasteiger charge is -2.29. The molecule has 5 rings (SSSR count). The molecule has 0 aliphatic carbocycles. The van der Waals surface area contributed by atoms with Gasteiger partial charge in [-0.1, -0.05) is 0 Å². The normalized spacial score (nSPS) is 15.5. The molecule has 0 unspecified atom stereocenters. The van der Waals surface area contributed by atoms with Crippen molar-refractivity contribution in [1.29, 1.82) is 0 Å². The van der Waals surface area contributed by atoms with Crippen LogP contribution in [0.3, 0.4) is 0 Å². The lowest BCUT2D eigenvalue weighted by Crippen LogP contribution is -2.36. The van der Waals surface area contributed by atoms with Gasteiger partial charge in [-0.3, -0.25) is 9.78 Å². The molecule has 7 nitrogen and oxygen atoms in total. The molecule has 1 saturated heterocycles. The highest BCUT2D eigenvalue weighted by Gasteiger charge is 2.23.